The van der Waals surface area contributed by atoms with E-state index >= 15 is 0 Å². The molecule has 0 atom stereocenters. The predicted octanol–water partition coefficient (Wildman–Crippen LogP) is 1.83. The van der Waals surface area contributed by atoms with Gasteiger partial charge in [0.25, 0.3) is 0 Å². The molecule has 0 aliphatic carbocycles. The first-order valence-corrected chi connectivity index (χ1v) is 6.46. The van der Waals surface area contributed by atoms with Gasteiger partial charge in [-0.05, 0) is 12.1 Å². The number of ether oxygens (including phenoxy) is 2. The van der Waals surface area contributed by atoms with Crippen LogP contribution in [0.15, 0.2) is 24.3 Å². The van der Waals surface area contributed by atoms with Crippen molar-refractivity contribution in [1.82, 2.24) is 4.90 Å². The van der Waals surface area contributed by atoms with Gasteiger partial charge in [0.05, 0.1) is 18.9 Å². The third-order valence-electron chi connectivity index (χ3n) is 2.84. The normalized spacial score (nSPS) is 10.9. The highest BCUT2D eigenvalue weighted by atomic mass is 19.1. The fourth-order valence-corrected chi connectivity index (χ4v) is 1.73. The van der Waals surface area contributed by atoms with Crippen LogP contribution < -0.4 is 5.32 Å². The van der Waals surface area contributed by atoms with Crippen molar-refractivity contribution in [2.75, 3.05) is 58.9 Å². The fourth-order valence-electron chi connectivity index (χ4n) is 1.73. The van der Waals surface area contributed by atoms with Gasteiger partial charge >= 0.3 is 0 Å². The zero-order valence-corrected chi connectivity index (χ0v) is 11.7. The first-order valence-electron chi connectivity index (χ1n) is 6.46. The third-order valence-corrected chi connectivity index (χ3v) is 2.84. The lowest BCUT2D eigenvalue weighted by atomic mass is 10.3. The van der Waals surface area contributed by atoms with Crippen molar-refractivity contribution in [3.8, 4) is 0 Å². The van der Waals surface area contributed by atoms with Crippen LogP contribution in [0.5, 0.6) is 0 Å². The summed E-state index contributed by atoms with van der Waals surface area (Å²) >= 11 is 0. The molecule has 0 fully saturated rings. The monoisotopic (exact) mass is 270 g/mol. The maximum Gasteiger partial charge on any atom is 0.146 e. The lowest BCUT2D eigenvalue weighted by Gasteiger charge is -2.22. The zero-order valence-electron chi connectivity index (χ0n) is 11.7. The largest absolute Gasteiger partial charge is 0.383 e. The number of benzene rings is 1. The maximum absolute atomic E-state index is 13.4. The van der Waals surface area contributed by atoms with Gasteiger partial charge in [-0.2, -0.15) is 0 Å². The summed E-state index contributed by atoms with van der Waals surface area (Å²) in [5.74, 6) is -0.220. The van der Waals surface area contributed by atoms with Crippen molar-refractivity contribution >= 4 is 5.69 Å². The average molecular weight is 270 g/mol. The second-order valence-electron chi connectivity index (χ2n) is 4.23. The summed E-state index contributed by atoms with van der Waals surface area (Å²) in [5, 5.41) is 3.10. The molecule has 1 aromatic rings. The average Bonchev–Trinajstić information content (AvgIpc) is 2.43. The Hall–Kier alpha value is -1.17. The van der Waals surface area contributed by atoms with Gasteiger partial charge in [0.15, 0.2) is 0 Å². The van der Waals surface area contributed by atoms with Crippen LogP contribution in [0.25, 0.3) is 0 Å². The molecule has 0 unspecified atom stereocenters. The number of rotatable bonds is 10. The second-order valence-corrected chi connectivity index (χ2v) is 4.23. The van der Waals surface area contributed by atoms with Crippen molar-refractivity contribution in [2.24, 2.45) is 0 Å². The minimum Gasteiger partial charge on any atom is -0.383 e. The molecule has 0 saturated carbocycles. The van der Waals surface area contributed by atoms with E-state index in [9.17, 15) is 4.39 Å². The van der Waals surface area contributed by atoms with Crippen molar-refractivity contribution in [2.45, 2.75) is 0 Å². The molecular formula is C14H23FN2O2. The Balaban J connectivity index is 2.32. The molecular weight excluding hydrogens is 247 g/mol. The van der Waals surface area contributed by atoms with Gasteiger partial charge in [-0.15, -0.1) is 0 Å². The van der Waals surface area contributed by atoms with E-state index in [-0.39, 0.29) is 5.82 Å². The quantitative estimate of drug-likeness (QED) is 0.703. The van der Waals surface area contributed by atoms with Crippen LogP contribution in [0.3, 0.4) is 0 Å². The van der Waals surface area contributed by atoms with Crippen LogP contribution in [-0.2, 0) is 9.47 Å². The van der Waals surface area contributed by atoms with E-state index in [1.807, 2.05) is 6.07 Å². The summed E-state index contributed by atoms with van der Waals surface area (Å²) in [6, 6.07) is 6.70. The number of para-hydroxylation sites is 1. The Morgan fingerprint density at radius 1 is 1.05 bits per heavy atom. The summed E-state index contributed by atoms with van der Waals surface area (Å²) in [6.45, 7) is 4.57. The van der Waals surface area contributed by atoms with Gasteiger partial charge in [-0.25, -0.2) is 4.39 Å². The second kappa shape index (κ2) is 9.72. The minimum absolute atomic E-state index is 0.220. The van der Waals surface area contributed by atoms with E-state index in [4.69, 9.17) is 9.47 Å². The molecule has 4 nitrogen and oxygen atoms in total. The lowest BCUT2D eigenvalue weighted by molar-refractivity contribution is 0.116. The summed E-state index contributed by atoms with van der Waals surface area (Å²) in [5.41, 5.74) is 0.543. The standard InChI is InChI=1S/C14H23FN2O2/c1-18-11-9-17(10-12-19-2)8-7-16-14-6-4-3-5-13(14)15/h3-6,16H,7-12H2,1-2H3. The number of nitrogens with zero attached hydrogens (tertiary/aromatic N) is 1. The summed E-state index contributed by atoms with van der Waals surface area (Å²) in [7, 11) is 3.37. The van der Waals surface area contributed by atoms with E-state index < -0.39 is 0 Å². The summed E-state index contributed by atoms with van der Waals surface area (Å²) < 4.78 is 23.5. The Kier molecular flexibility index (Phi) is 8.13. The van der Waals surface area contributed by atoms with Crippen molar-refractivity contribution in [3.63, 3.8) is 0 Å². The molecule has 0 aliphatic heterocycles. The first kappa shape index (κ1) is 15.9. The number of nitrogens with one attached hydrogen (secondary N) is 1. The van der Waals surface area contributed by atoms with Crippen molar-refractivity contribution in [3.05, 3.63) is 30.1 Å². The number of anilines is 1. The van der Waals surface area contributed by atoms with Gasteiger partial charge in [-0.1, -0.05) is 12.1 Å². The van der Waals surface area contributed by atoms with Crippen LogP contribution in [0, 0.1) is 5.82 Å². The van der Waals surface area contributed by atoms with Crippen molar-refractivity contribution in [1.29, 1.82) is 0 Å². The molecule has 1 rings (SSSR count). The molecule has 5 heteroatoms. The molecule has 0 aliphatic rings. The summed E-state index contributed by atoms with van der Waals surface area (Å²) in [6.07, 6.45) is 0. The molecule has 1 aromatic carbocycles. The predicted molar refractivity (Wildman–Crippen MR) is 75.1 cm³/mol. The molecule has 0 heterocycles. The topological polar surface area (TPSA) is 33.7 Å². The van der Waals surface area contributed by atoms with Crippen LogP contribution in [0.2, 0.25) is 0 Å². The van der Waals surface area contributed by atoms with E-state index in [0.29, 0.717) is 25.4 Å². The molecule has 108 valence electrons. The van der Waals surface area contributed by atoms with Gasteiger partial charge < -0.3 is 14.8 Å². The lowest BCUT2D eigenvalue weighted by Crippen LogP contribution is -2.34. The Morgan fingerprint density at radius 3 is 2.26 bits per heavy atom. The SMILES string of the molecule is COCCN(CCNc1ccccc1F)CCOC. The Morgan fingerprint density at radius 2 is 1.68 bits per heavy atom. The Labute approximate surface area is 114 Å². The van der Waals surface area contributed by atoms with E-state index in [1.165, 1.54) is 6.07 Å². The van der Waals surface area contributed by atoms with Crippen LogP contribution in [0.1, 0.15) is 0 Å². The Bertz CT molecular complexity index is 342. The molecule has 0 saturated heterocycles. The highest BCUT2D eigenvalue weighted by molar-refractivity contribution is 5.44. The van der Waals surface area contributed by atoms with Crippen LogP contribution in [-0.4, -0.2) is 58.5 Å². The van der Waals surface area contributed by atoms with E-state index in [2.05, 4.69) is 10.2 Å². The van der Waals surface area contributed by atoms with Gasteiger partial charge in [0, 0.05) is 40.4 Å². The van der Waals surface area contributed by atoms with E-state index in [0.717, 1.165) is 19.6 Å². The molecule has 1 N–H and O–H groups in total. The number of methoxy groups -OCH3 is 2. The van der Waals surface area contributed by atoms with Gasteiger partial charge in [0.2, 0.25) is 0 Å². The maximum atomic E-state index is 13.4. The van der Waals surface area contributed by atoms with Crippen LogP contribution >= 0.6 is 0 Å². The summed E-state index contributed by atoms with van der Waals surface area (Å²) in [4.78, 5) is 2.22. The first-order chi connectivity index (χ1) is 9.27. The molecule has 0 radical (unpaired) electrons. The third kappa shape index (κ3) is 6.52. The van der Waals surface area contributed by atoms with Gasteiger partial charge in [-0.3, -0.25) is 4.90 Å². The van der Waals surface area contributed by atoms with Crippen LogP contribution in [0.4, 0.5) is 10.1 Å². The number of hydrogen-bond donors (Lipinski definition) is 1. The molecule has 0 amide bonds. The molecule has 0 spiro atoms. The highest BCUT2D eigenvalue weighted by Gasteiger charge is 2.05. The fraction of sp³-hybridized carbons (Fsp3) is 0.571. The minimum atomic E-state index is -0.220. The van der Waals surface area contributed by atoms with Crippen molar-refractivity contribution < 1.29 is 13.9 Å². The van der Waals surface area contributed by atoms with E-state index in [1.54, 1.807) is 26.4 Å². The molecule has 0 bridgehead atoms. The number of halogens is 1. The molecule has 0 aromatic heterocycles. The number of hydrogen-bond acceptors (Lipinski definition) is 4. The highest BCUT2D eigenvalue weighted by Crippen LogP contribution is 2.11. The van der Waals surface area contributed by atoms with Gasteiger partial charge in [0.1, 0.15) is 5.82 Å². The smallest absolute Gasteiger partial charge is 0.146 e. The zero-order chi connectivity index (χ0) is 13.9. The molecule has 19 heavy (non-hydrogen) atoms.